The number of hydrogen-bond donors (Lipinski definition) is 2. The minimum atomic E-state index is 0.0138. The minimum absolute atomic E-state index is 0.0138. The highest BCUT2D eigenvalue weighted by atomic mass is 35.5. The maximum Gasteiger partial charge on any atom is 0.173 e. The number of aromatic amines is 1. The van der Waals surface area contributed by atoms with Crippen LogP contribution in [0.2, 0.25) is 5.02 Å². The summed E-state index contributed by atoms with van der Waals surface area (Å²) in [7, 11) is 1.66. The lowest BCUT2D eigenvalue weighted by Gasteiger charge is -2.17. The van der Waals surface area contributed by atoms with Crippen molar-refractivity contribution in [2.45, 2.75) is 57.8 Å². The molecule has 0 radical (unpaired) electrons. The largest absolute Gasteiger partial charge is 0.493 e. The van der Waals surface area contributed by atoms with Crippen LogP contribution in [-0.4, -0.2) is 39.3 Å². The number of nitrogens with zero attached hydrogens (tertiary/aromatic N) is 3. The van der Waals surface area contributed by atoms with Gasteiger partial charge in [0.25, 0.3) is 0 Å². The predicted molar refractivity (Wildman–Crippen MR) is 142 cm³/mol. The van der Waals surface area contributed by atoms with Gasteiger partial charge in [-0.05, 0) is 61.1 Å². The third-order valence-corrected chi connectivity index (χ3v) is 6.98. The van der Waals surface area contributed by atoms with Gasteiger partial charge in [-0.2, -0.15) is 0 Å². The standard InChI is InChI=1S/C28H32ClN5O3/c1-18(15-36-16-19-7-10-21(29)11-8-19)27-32-25-26(30)31-17-34(28(25)33-27)14-20-9-12-23(35-2)24(13-20)37-22-5-3-4-6-22/h7-13,17-18,22,30H,3-6,14-16H2,1-2H3,(H,32,33). The zero-order chi connectivity index (χ0) is 25.8. The second-order valence-electron chi connectivity index (χ2n) is 9.59. The van der Waals surface area contributed by atoms with E-state index in [0.717, 1.165) is 41.3 Å². The molecule has 1 aliphatic carbocycles. The number of benzene rings is 2. The van der Waals surface area contributed by atoms with Crippen molar-refractivity contribution in [3.8, 4) is 11.5 Å². The van der Waals surface area contributed by atoms with Crippen molar-refractivity contribution in [1.29, 1.82) is 5.41 Å². The predicted octanol–water partition coefficient (Wildman–Crippen LogP) is 5.59. The summed E-state index contributed by atoms with van der Waals surface area (Å²) in [6.45, 7) is 3.58. The average Bonchev–Trinajstić information content (AvgIpc) is 3.58. The Balaban J connectivity index is 1.32. The van der Waals surface area contributed by atoms with Gasteiger partial charge in [0, 0.05) is 10.9 Å². The molecule has 1 unspecified atom stereocenters. The number of ether oxygens (including phenoxy) is 3. The average molecular weight is 522 g/mol. The molecule has 9 heteroatoms. The molecule has 1 atom stereocenters. The van der Waals surface area contributed by atoms with Crippen molar-refractivity contribution in [1.82, 2.24) is 19.5 Å². The summed E-state index contributed by atoms with van der Waals surface area (Å²) in [5.41, 5.74) is 3.57. The molecule has 194 valence electrons. The van der Waals surface area contributed by atoms with Gasteiger partial charge in [-0.25, -0.2) is 9.97 Å². The van der Waals surface area contributed by atoms with Crippen LogP contribution in [0.4, 0.5) is 0 Å². The number of halogens is 1. The van der Waals surface area contributed by atoms with E-state index in [0.29, 0.717) is 35.9 Å². The lowest BCUT2D eigenvalue weighted by atomic mass is 10.2. The molecular weight excluding hydrogens is 490 g/mol. The number of hydrogen-bond acceptors (Lipinski definition) is 6. The van der Waals surface area contributed by atoms with E-state index < -0.39 is 0 Å². The first-order valence-corrected chi connectivity index (χ1v) is 13.0. The van der Waals surface area contributed by atoms with Crippen LogP contribution in [0.25, 0.3) is 11.2 Å². The van der Waals surface area contributed by atoms with Crippen molar-refractivity contribution in [3.63, 3.8) is 0 Å². The van der Waals surface area contributed by atoms with E-state index in [1.807, 2.05) is 47.0 Å². The lowest BCUT2D eigenvalue weighted by molar-refractivity contribution is 0.109. The Hall–Kier alpha value is -3.36. The normalized spacial score (nSPS) is 14.8. The molecule has 0 amide bonds. The van der Waals surface area contributed by atoms with E-state index in [4.69, 9.17) is 36.2 Å². The number of methoxy groups -OCH3 is 1. The number of fused-ring (bicyclic) bond motifs is 1. The molecular formula is C28H32ClN5O3. The van der Waals surface area contributed by atoms with Crippen molar-refractivity contribution < 1.29 is 14.2 Å². The highest BCUT2D eigenvalue weighted by Gasteiger charge is 2.19. The van der Waals surface area contributed by atoms with Crippen LogP contribution in [0.1, 0.15) is 55.5 Å². The summed E-state index contributed by atoms with van der Waals surface area (Å²) < 4.78 is 19.7. The second kappa shape index (κ2) is 11.4. The molecule has 2 N–H and O–H groups in total. The number of imidazole rings is 1. The Morgan fingerprint density at radius 3 is 2.62 bits per heavy atom. The van der Waals surface area contributed by atoms with Gasteiger partial charge in [-0.3, -0.25) is 5.41 Å². The molecule has 0 spiro atoms. The Kier molecular flexibility index (Phi) is 7.76. The monoisotopic (exact) mass is 521 g/mol. The van der Waals surface area contributed by atoms with Crippen molar-refractivity contribution in [2.24, 2.45) is 0 Å². The molecule has 0 aliphatic heterocycles. The number of nitrogens with one attached hydrogen (secondary N) is 2. The fourth-order valence-electron chi connectivity index (χ4n) is 4.66. The number of rotatable bonds is 10. The fourth-order valence-corrected chi connectivity index (χ4v) is 4.78. The molecule has 1 fully saturated rings. The Morgan fingerprint density at radius 2 is 1.86 bits per heavy atom. The summed E-state index contributed by atoms with van der Waals surface area (Å²) in [6, 6.07) is 13.6. The van der Waals surface area contributed by atoms with Gasteiger partial charge < -0.3 is 23.8 Å². The van der Waals surface area contributed by atoms with Gasteiger partial charge in [0.15, 0.2) is 22.6 Å². The Morgan fingerprint density at radius 1 is 1.11 bits per heavy atom. The summed E-state index contributed by atoms with van der Waals surface area (Å²) in [6.07, 6.45) is 6.48. The molecule has 1 aliphatic rings. The maximum absolute atomic E-state index is 8.30. The van der Waals surface area contributed by atoms with Gasteiger partial charge in [-0.1, -0.05) is 36.7 Å². The maximum atomic E-state index is 8.30. The van der Waals surface area contributed by atoms with E-state index in [1.165, 1.54) is 12.8 Å². The minimum Gasteiger partial charge on any atom is -0.493 e. The van der Waals surface area contributed by atoms with Crippen LogP contribution in [-0.2, 0) is 17.9 Å². The number of aromatic nitrogens is 4. The lowest BCUT2D eigenvalue weighted by Crippen LogP contribution is -2.14. The zero-order valence-corrected chi connectivity index (χ0v) is 21.9. The molecule has 37 heavy (non-hydrogen) atoms. The van der Waals surface area contributed by atoms with Crippen LogP contribution in [0.15, 0.2) is 48.8 Å². The van der Waals surface area contributed by atoms with E-state index in [1.54, 1.807) is 13.4 Å². The fraction of sp³-hybridized carbons (Fsp3) is 0.393. The van der Waals surface area contributed by atoms with Gasteiger partial charge in [0.1, 0.15) is 11.3 Å². The van der Waals surface area contributed by atoms with Gasteiger partial charge in [-0.15, -0.1) is 0 Å². The molecule has 0 bridgehead atoms. The van der Waals surface area contributed by atoms with Crippen molar-refractivity contribution in [3.05, 3.63) is 76.3 Å². The SMILES string of the molecule is COc1ccc(Cn2cnc(=N)c3[nH]c(C(C)COCc4ccc(Cl)cc4)nc32)cc1OC1CCCC1. The summed E-state index contributed by atoms with van der Waals surface area (Å²) in [5.74, 6) is 2.28. The molecule has 5 rings (SSSR count). The Labute approximate surface area is 221 Å². The molecule has 4 aromatic rings. The first-order chi connectivity index (χ1) is 18.0. The third-order valence-electron chi connectivity index (χ3n) is 6.73. The topological polar surface area (TPSA) is 98.0 Å². The summed E-state index contributed by atoms with van der Waals surface area (Å²) in [5, 5.41) is 9.01. The van der Waals surface area contributed by atoms with Gasteiger partial charge in [0.2, 0.25) is 0 Å². The quantitative estimate of drug-likeness (QED) is 0.283. The zero-order valence-electron chi connectivity index (χ0n) is 21.2. The third kappa shape index (κ3) is 5.97. The Bertz CT molecular complexity index is 1410. The van der Waals surface area contributed by atoms with Crippen LogP contribution >= 0.6 is 11.6 Å². The smallest absolute Gasteiger partial charge is 0.173 e. The molecule has 2 aromatic heterocycles. The van der Waals surface area contributed by atoms with Crippen LogP contribution < -0.4 is 15.0 Å². The first-order valence-electron chi connectivity index (χ1n) is 12.7. The summed E-state index contributed by atoms with van der Waals surface area (Å²) >= 11 is 5.96. The first kappa shape index (κ1) is 25.3. The van der Waals surface area contributed by atoms with Gasteiger partial charge in [0.05, 0.1) is 39.3 Å². The highest BCUT2D eigenvalue weighted by Crippen LogP contribution is 2.33. The van der Waals surface area contributed by atoms with Crippen LogP contribution in [0.3, 0.4) is 0 Å². The molecule has 2 aromatic carbocycles. The van der Waals surface area contributed by atoms with E-state index in [2.05, 4.69) is 16.9 Å². The van der Waals surface area contributed by atoms with Gasteiger partial charge >= 0.3 is 0 Å². The molecule has 8 nitrogen and oxygen atoms in total. The summed E-state index contributed by atoms with van der Waals surface area (Å²) in [4.78, 5) is 12.4. The molecule has 1 saturated carbocycles. The van der Waals surface area contributed by atoms with E-state index >= 15 is 0 Å². The highest BCUT2D eigenvalue weighted by molar-refractivity contribution is 6.30. The molecule has 2 heterocycles. The van der Waals surface area contributed by atoms with Crippen molar-refractivity contribution >= 4 is 22.8 Å². The van der Waals surface area contributed by atoms with Crippen LogP contribution in [0, 0.1) is 5.41 Å². The van der Waals surface area contributed by atoms with E-state index in [9.17, 15) is 0 Å². The van der Waals surface area contributed by atoms with Crippen LogP contribution in [0.5, 0.6) is 11.5 Å². The number of H-pyrrole nitrogens is 1. The van der Waals surface area contributed by atoms with E-state index in [-0.39, 0.29) is 17.5 Å². The van der Waals surface area contributed by atoms with Crippen molar-refractivity contribution in [2.75, 3.05) is 13.7 Å². The molecule has 0 saturated heterocycles. The second-order valence-corrected chi connectivity index (χ2v) is 10.0.